The van der Waals surface area contributed by atoms with Crippen LogP contribution in [0.5, 0.6) is 0 Å². The molecule has 11 heteroatoms. The van der Waals surface area contributed by atoms with Crippen molar-refractivity contribution in [3.63, 3.8) is 0 Å². The highest BCUT2D eigenvalue weighted by molar-refractivity contribution is 7.89. The molecular weight excluding hydrogens is 337 g/mol. The number of anilines is 1. The summed E-state index contributed by atoms with van der Waals surface area (Å²) in [7, 11) is -1.64. The highest BCUT2D eigenvalue weighted by Crippen LogP contribution is 2.39. The molecule has 1 aliphatic rings. The van der Waals surface area contributed by atoms with Crippen LogP contribution in [-0.2, 0) is 10.0 Å². The zero-order valence-corrected chi connectivity index (χ0v) is 14.0. The Hall–Kier alpha value is -1.36. The van der Waals surface area contributed by atoms with Gasteiger partial charge < -0.3 is 9.42 Å². The maximum absolute atomic E-state index is 13.3. The average molecular weight is 356 g/mol. The molecule has 23 heavy (non-hydrogen) atoms. The molecule has 2 rings (SSSR count). The molecule has 0 radical (unpaired) electrons. The van der Waals surface area contributed by atoms with Crippen LogP contribution in [0.1, 0.15) is 25.6 Å². The van der Waals surface area contributed by atoms with E-state index in [0.717, 1.165) is 4.31 Å². The first kappa shape index (κ1) is 18.0. The molecule has 2 atom stereocenters. The van der Waals surface area contributed by atoms with Gasteiger partial charge in [-0.15, -0.1) is 0 Å². The molecule has 1 saturated heterocycles. The minimum absolute atomic E-state index is 0.0465. The van der Waals surface area contributed by atoms with E-state index in [4.69, 9.17) is 4.52 Å². The lowest BCUT2D eigenvalue weighted by atomic mass is 10.1. The van der Waals surface area contributed by atoms with E-state index in [1.165, 1.54) is 19.0 Å². The van der Waals surface area contributed by atoms with E-state index in [1.54, 1.807) is 0 Å². The van der Waals surface area contributed by atoms with Crippen LogP contribution >= 0.6 is 0 Å². The van der Waals surface area contributed by atoms with Crippen LogP contribution in [0.4, 0.5) is 19.2 Å². The first-order chi connectivity index (χ1) is 10.4. The molecule has 1 aromatic heterocycles. The zero-order valence-electron chi connectivity index (χ0n) is 13.2. The third-order valence-electron chi connectivity index (χ3n) is 3.80. The zero-order chi connectivity index (χ0) is 17.6. The first-order valence-corrected chi connectivity index (χ1v) is 8.51. The first-order valence-electron chi connectivity index (χ1n) is 7.01. The minimum atomic E-state index is -4.64. The summed E-state index contributed by atoms with van der Waals surface area (Å²) in [6.07, 6.45) is -4.64. The van der Waals surface area contributed by atoms with Gasteiger partial charge in [0.2, 0.25) is 10.0 Å². The minimum Gasteiger partial charge on any atom is -0.322 e. The van der Waals surface area contributed by atoms with Gasteiger partial charge in [-0.25, -0.2) is 12.7 Å². The van der Waals surface area contributed by atoms with Gasteiger partial charge in [0.25, 0.3) is 0 Å². The molecule has 0 amide bonds. The van der Waals surface area contributed by atoms with Crippen LogP contribution in [-0.4, -0.2) is 61.5 Å². The Morgan fingerprint density at radius 2 is 1.91 bits per heavy atom. The molecule has 0 bridgehead atoms. The summed E-state index contributed by atoms with van der Waals surface area (Å²) in [6.45, 7) is 2.76. The maximum Gasteiger partial charge on any atom is 0.394 e. The van der Waals surface area contributed by atoms with E-state index in [-0.39, 0.29) is 18.5 Å². The number of nitrogens with zero attached hydrogens (tertiary/aromatic N) is 4. The van der Waals surface area contributed by atoms with Gasteiger partial charge in [-0.2, -0.15) is 18.2 Å². The Labute approximate surface area is 132 Å². The van der Waals surface area contributed by atoms with Crippen LogP contribution in [0.2, 0.25) is 0 Å². The molecule has 0 aromatic carbocycles. The SMILES string of the molecule is CC(C)c1noc(N2C[C@H](C(F)(F)F)[C@@H](S(=O)(=O)N(C)C)C2)n1. The molecule has 2 heterocycles. The van der Waals surface area contributed by atoms with Gasteiger partial charge in [0.15, 0.2) is 5.82 Å². The second-order valence-electron chi connectivity index (χ2n) is 6.01. The fourth-order valence-corrected chi connectivity index (χ4v) is 3.97. The van der Waals surface area contributed by atoms with Crippen molar-refractivity contribution in [3.8, 4) is 0 Å². The van der Waals surface area contributed by atoms with Gasteiger partial charge in [0.1, 0.15) is 5.25 Å². The van der Waals surface area contributed by atoms with Crippen molar-refractivity contribution in [2.75, 3.05) is 32.1 Å². The van der Waals surface area contributed by atoms with Gasteiger partial charge >= 0.3 is 12.2 Å². The number of hydrogen-bond donors (Lipinski definition) is 0. The molecule has 0 unspecified atom stereocenters. The third kappa shape index (κ3) is 3.44. The Bertz CT molecular complexity index is 657. The van der Waals surface area contributed by atoms with Gasteiger partial charge in [-0.1, -0.05) is 19.0 Å². The third-order valence-corrected chi connectivity index (χ3v) is 6.06. The quantitative estimate of drug-likeness (QED) is 0.812. The number of alkyl halides is 3. The number of halogens is 3. The lowest BCUT2D eigenvalue weighted by Gasteiger charge is -2.23. The Morgan fingerprint density at radius 1 is 1.30 bits per heavy atom. The van der Waals surface area contributed by atoms with Crippen LogP contribution in [0.15, 0.2) is 4.52 Å². The van der Waals surface area contributed by atoms with E-state index in [2.05, 4.69) is 10.1 Å². The summed E-state index contributed by atoms with van der Waals surface area (Å²) < 4.78 is 70.0. The molecule has 1 fully saturated rings. The highest BCUT2D eigenvalue weighted by atomic mass is 32.2. The second-order valence-corrected chi connectivity index (χ2v) is 8.37. The topological polar surface area (TPSA) is 79.5 Å². The summed E-state index contributed by atoms with van der Waals surface area (Å²) in [5, 5.41) is 2.10. The van der Waals surface area contributed by atoms with Gasteiger partial charge in [-0.3, -0.25) is 0 Å². The standard InChI is InChI=1S/C12H19F3N4O3S/c1-7(2)10-16-11(22-17-10)19-5-8(12(13,14)15)9(6-19)23(20,21)18(3)4/h7-9H,5-6H2,1-4H3/t8-,9-/m0/s1. The molecule has 7 nitrogen and oxygen atoms in total. The van der Waals surface area contributed by atoms with Crippen molar-refractivity contribution in [2.45, 2.75) is 31.2 Å². The average Bonchev–Trinajstić information content (AvgIpc) is 3.04. The summed E-state index contributed by atoms with van der Waals surface area (Å²) >= 11 is 0. The smallest absolute Gasteiger partial charge is 0.322 e. The molecule has 0 saturated carbocycles. The van der Waals surface area contributed by atoms with Crippen molar-refractivity contribution in [1.29, 1.82) is 0 Å². The molecule has 1 aromatic rings. The molecule has 1 aliphatic heterocycles. The lowest BCUT2D eigenvalue weighted by Crippen LogP contribution is -2.43. The highest BCUT2D eigenvalue weighted by Gasteiger charge is 2.55. The van der Waals surface area contributed by atoms with Crippen LogP contribution in [0.3, 0.4) is 0 Å². The van der Waals surface area contributed by atoms with E-state index in [1.807, 2.05) is 13.8 Å². The van der Waals surface area contributed by atoms with E-state index in [0.29, 0.717) is 5.82 Å². The van der Waals surface area contributed by atoms with Crippen molar-refractivity contribution < 1.29 is 26.1 Å². The number of sulfonamides is 1. The van der Waals surface area contributed by atoms with Crippen LogP contribution < -0.4 is 4.90 Å². The van der Waals surface area contributed by atoms with E-state index < -0.39 is 33.9 Å². The summed E-state index contributed by atoms with van der Waals surface area (Å²) in [4.78, 5) is 5.23. The van der Waals surface area contributed by atoms with E-state index in [9.17, 15) is 21.6 Å². The van der Waals surface area contributed by atoms with E-state index >= 15 is 0 Å². The Balaban J connectivity index is 2.33. The predicted molar refractivity (Wildman–Crippen MR) is 76.5 cm³/mol. The summed E-state index contributed by atoms with van der Waals surface area (Å²) in [5.41, 5.74) is 0. The number of hydrogen-bond acceptors (Lipinski definition) is 6. The monoisotopic (exact) mass is 356 g/mol. The number of aromatic nitrogens is 2. The van der Waals surface area contributed by atoms with Gasteiger partial charge in [-0.05, 0) is 0 Å². The molecular formula is C12H19F3N4O3S. The fourth-order valence-electron chi connectivity index (χ4n) is 2.41. The van der Waals surface area contributed by atoms with Crippen LogP contribution in [0.25, 0.3) is 0 Å². The number of rotatable bonds is 4. The van der Waals surface area contributed by atoms with Crippen LogP contribution in [0, 0.1) is 5.92 Å². The molecule has 0 N–H and O–H groups in total. The largest absolute Gasteiger partial charge is 0.394 e. The van der Waals surface area contributed by atoms with Crippen molar-refractivity contribution >= 4 is 16.0 Å². The van der Waals surface area contributed by atoms with Gasteiger partial charge in [0.05, 0.1) is 5.92 Å². The Morgan fingerprint density at radius 3 is 2.35 bits per heavy atom. The molecule has 0 aliphatic carbocycles. The maximum atomic E-state index is 13.3. The van der Waals surface area contributed by atoms with Crippen molar-refractivity contribution in [2.24, 2.45) is 5.92 Å². The normalized spacial score (nSPS) is 23.3. The fraction of sp³-hybridized carbons (Fsp3) is 0.833. The van der Waals surface area contributed by atoms with Crippen molar-refractivity contribution in [1.82, 2.24) is 14.4 Å². The predicted octanol–water partition coefficient (Wildman–Crippen LogP) is 1.45. The van der Waals surface area contributed by atoms with Gasteiger partial charge in [0, 0.05) is 33.1 Å². The second kappa shape index (κ2) is 5.93. The molecule has 132 valence electrons. The summed E-state index contributed by atoms with van der Waals surface area (Å²) in [6, 6.07) is -0.0839. The lowest BCUT2D eigenvalue weighted by molar-refractivity contribution is -0.167. The summed E-state index contributed by atoms with van der Waals surface area (Å²) in [5.74, 6) is -1.69. The molecule has 0 spiro atoms. The Kier molecular flexibility index (Phi) is 4.64. The van der Waals surface area contributed by atoms with Crippen molar-refractivity contribution in [3.05, 3.63) is 5.82 Å².